The van der Waals surface area contributed by atoms with Crippen LogP contribution < -0.4 is 5.32 Å². The molecule has 2 fully saturated rings. The molecule has 5 rings (SSSR count). The van der Waals surface area contributed by atoms with Crippen LogP contribution in [0.5, 0.6) is 0 Å². The number of aliphatic hydroxyl groups excluding tert-OH is 2. The predicted octanol–water partition coefficient (Wildman–Crippen LogP) is 4.36. The molecule has 4 N–H and O–H groups in total. The second-order valence-electron chi connectivity index (χ2n) is 10.8. The van der Waals surface area contributed by atoms with E-state index in [1.165, 1.54) is 18.2 Å². The molecule has 2 aliphatic rings. The standard InChI is InChI=1S/C29H29ClF2N2O6S/c1-15-3-2-4-24(33-15)26(35)27(36)29(38)17-6-7-18(29)13-20(12-17)41(39,40)25-11-16(5-9-21(25)30)28(37)34-19-8-10-22(31)23(32)14-19/h2-5,8-11,14,17-18,20,26-27,35-36,38H,6-7,12-13H2,1H3,(H,34,37)/t17?,18?,20-,26?,27?,29-. The summed E-state index contributed by atoms with van der Waals surface area (Å²) in [6, 6.07) is 11.5. The molecule has 4 atom stereocenters. The third-order valence-electron chi connectivity index (χ3n) is 8.37. The Bertz CT molecular complexity index is 1590. The zero-order valence-corrected chi connectivity index (χ0v) is 23.5. The Labute approximate surface area is 240 Å². The normalized spacial score (nSPS) is 25.5. The minimum absolute atomic E-state index is 0.0157. The predicted molar refractivity (Wildman–Crippen MR) is 147 cm³/mol. The van der Waals surface area contributed by atoms with Gasteiger partial charge in [-0.1, -0.05) is 17.7 Å². The number of rotatable bonds is 7. The number of carbonyl (C=O) groups excluding carboxylic acids is 1. The van der Waals surface area contributed by atoms with Gasteiger partial charge in [-0.15, -0.1) is 0 Å². The number of halogens is 3. The molecule has 8 nitrogen and oxygen atoms in total. The van der Waals surface area contributed by atoms with E-state index in [1.54, 1.807) is 25.1 Å². The van der Waals surface area contributed by atoms with Crippen molar-refractivity contribution >= 4 is 33.0 Å². The first-order valence-electron chi connectivity index (χ1n) is 13.1. The number of nitrogens with zero attached hydrogens (tertiary/aromatic N) is 1. The van der Waals surface area contributed by atoms with E-state index in [9.17, 15) is 37.3 Å². The average molecular weight is 607 g/mol. The number of carbonyl (C=O) groups is 1. The molecule has 1 heterocycles. The van der Waals surface area contributed by atoms with Crippen LogP contribution in [0.3, 0.4) is 0 Å². The fourth-order valence-corrected chi connectivity index (χ4v) is 8.64. The number of hydrogen-bond acceptors (Lipinski definition) is 7. The number of aryl methyl sites for hydroxylation is 1. The number of anilines is 1. The summed E-state index contributed by atoms with van der Waals surface area (Å²) < 4.78 is 54.4. The van der Waals surface area contributed by atoms with Gasteiger partial charge in [-0.2, -0.15) is 0 Å². The molecule has 2 aromatic carbocycles. The summed E-state index contributed by atoms with van der Waals surface area (Å²) in [6.07, 6.45) is -2.09. The Hall–Kier alpha value is -2.96. The largest absolute Gasteiger partial charge is 0.387 e. The van der Waals surface area contributed by atoms with E-state index in [1.807, 2.05) is 0 Å². The van der Waals surface area contributed by atoms with Crippen LogP contribution in [-0.2, 0) is 9.84 Å². The van der Waals surface area contributed by atoms with E-state index in [-0.39, 0.29) is 39.7 Å². The van der Waals surface area contributed by atoms with E-state index in [4.69, 9.17) is 11.6 Å². The van der Waals surface area contributed by atoms with Gasteiger partial charge in [-0.3, -0.25) is 9.78 Å². The van der Waals surface area contributed by atoms with E-state index >= 15 is 0 Å². The fourth-order valence-electron chi connectivity index (χ4n) is 6.24. The van der Waals surface area contributed by atoms with Crippen LogP contribution >= 0.6 is 11.6 Å². The summed E-state index contributed by atoms with van der Waals surface area (Å²) in [7, 11) is -4.10. The van der Waals surface area contributed by atoms with Crippen molar-refractivity contribution in [2.45, 2.75) is 60.6 Å². The third kappa shape index (κ3) is 5.37. The summed E-state index contributed by atoms with van der Waals surface area (Å²) in [6.45, 7) is 1.74. The van der Waals surface area contributed by atoms with Crippen molar-refractivity contribution in [3.8, 4) is 0 Å². The Morgan fingerprint density at radius 1 is 1.05 bits per heavy atom. The summed E-state index contributed by atoms with van der Waals surface area (Å²) in [5.41, 5.74) is -0.941. The smallest absolute Gasteiger partial charge is 0.255 e. The zero-order chi connectivity index (χ0) is 29.7. The summed E-state index contributed by atoms with van der Waals surface area (Å²) >= 11 is 6.29. The Balaban J connectivity index is 1.37. The van der Waals surface area contributed by atoms with Crippen molar-refractivity contribution < 1.29 is 37.3 Å². The van der Waals surface area contributed by atoms with Crippen molar-refractivity contribution in [1.82, 2.24) is 4.98 Å². The molecule has 2 bridgehead atoms. The molecular formula is C29H29ClF2N2O6S. The molecule has 0 saturated heterocycles. The lowest BCUT2D eigenvalue weighted by Crippen LogP contribution is -2.57. The molecule has 2 saturated carbocycles. The van der Waals surface area contributed by atoms with Crippen molar-refractivity contribution in [2.75, 3.05) is 5.32 Å². The number of aliphatic hydroxyl groups is 3. The maximum Gasteiger partial charge on any atom is 0.255 e. The monoisotopic (exact) mass is 606 g/mol. The SMILES string of the molecule is Cc1cccc(C(O)C(O)[C@]2(O)C3CCC2C[C@@H](S(=O)(=O)c2cc(C(=O)Nc4ccc(F)c(F)c4)ccc2Cl)C3)n1. The molecule has 3 aromatic rings. The van der Waals surface area contributed by atoms with E-state index in [2.05, 4.69) is 10.3 Å². The highest BCUT2D eigenvalue weighted by molar-refractivity contribution is 7.92. The second-order valence-corrected chi connectivity index (χ2v) is 13.4. The molecule has 41 heavy (non-hydrogen) atoms. The highest BCUT2D eigenvalue weighted by atomic mass is 35.5. The minimum atomic E-state index is -4.10. The quantitative estimate of drug-likeness (QED) is 0.314. The van der Waals surface area contributed by atoms with Gasteiger partial charge in [-0.05, 0) is 86.9 Å². The van der Waals surface area contributed by atoms with Crippen LogP contribution in [0, 0.1) is 30.4 Å². The van der Waals surface area contributed by atoms with Gasteiger partial charge in [0.2, 0.25) is 0 Å². The van der Waals surface area contributed by atoms with E-state index < -0.39 is 62.3 Å². The van der Waals surface area contributed by atoms with Crippen molar-refractivity contribution in [2.24, 2.45) is 11.8 Å². The highest BCUT2D eigenvalue weighted by Crippen LogP contribution is 2.55. The Morgan fingerprint density at radius 3 is 2.37 bits per heavy atom. The van der Waals surface area contributed by atoms with Crippen LogP contribution in [0.25, 0.3) is 0 Å². The summed E-state index contributed by atoms with van der Waals surface area (Å²) in [5.74, 6) is -4.21. The van der Waals surface area contributed by atoms with Gasteiger partial charge >= 0.3 is 0 Å². The number of pyridine rings is 1. The van der Waals surface area contributed by atoms with Gasteiger partial charge in [0, 0.05) is 23.0 Å². The number of nitrogens with one attached hydrogen (secondary N) is 1. The Kier molecular flexibility index (Phi) is 7.95. The van der Waals surface area contributed by atoms with Gasteiger partial charge in [-0.25, -0.2) is 17.2 Å². The number of sulfone groups is 1. The number of amides is 1. The highest BCUT2D eigenvalue weighted by Gasteiger charge is 2.60. The lowest BCUT2D eigenvalue weighted by Gasteiger charge is -2.46. The van der Waals surface area contributed by atoms with Gasteiger partial charge in [0.05, 0.1) is 26.5 Å². The van der Waals surface area contributed by atoms with Crippen LogP contribution in [0.4, 0.5) is 14.5 Å². The molecule has 1 aromatic heterocycles. The fraction of sp³-hybridized carbons (Fsp3) is 0.379. The molecule has 0 radical (unpaired) electrons. The molecule has 0 spiro atoms. The van der Waals surface area contributed by atoms with Crippen molar-refractivity contribution in [3.05, 3.63) is 88.2 Å². The van der Waals surface area contributed by atoms with Gasteiger partial charge in [0.25, 0.3) is 5.91 Å². The van der Waals surface area contributed by atoms with Crippen molar-refractivity contribution in [3.63, 3.8) is 0 Å². The van der Waals surface area contributed by atoms with Crippen LogP contribution in [0.2, 0.25) is 5.02 Å². The molecule has 0 aliphatic heterocycles. The van der Waals surface area contributed by atoms with Crippen LogP contribution in [0.15, 0.2) is 59.5 Å². The number of benzene rings is 2. The Morgan fingerprint density at radius 2 is 1.73 bits per heavy atom. The molecule has 4 unspecified atom stereocenters. The van der Waals surface area contributed by atoms with E-state index in [0.717, 1.165) is 18.2 Å². The lowest BCUT2D eigenvalue weighted by atomic mass is 9.69. The summed E-state index contributed by atoms with van der Waals surface area (Å²) in [4.78, 5) is 16.8. The zero-order valence-electron chi connectivity index (χ0n) is 22.0. The summed E-state index contributed by atoms with van der Waals surface area (Å²) in [5, 5.41) is 35.0. The molecule has 2 aliphatic carbocycles. The minimum Gasteiger partial charge on any atom is -0.387 e. The van der Waals surface area contributed by atoms with Crippen molar-refractivity contribution in [1.29, 1.82) is 0 Å². The van der Waals surface area contributed by atoms with E-state index in [0.29, 0.717) is 18.5 Å². The number of fused-ring (bicyclic) bond motifs is 2. The first kappa shape index (κ1) is 29.5. The van der Waals surface area contributed by atoms with Gasteiger partial charge < -0.3 is 20.6 Å². The molecule has 218 valence electrons. The van der Waals surface area contributed by atoms with Crippen LogP contribution in [0.1, 0.15) is 53.5 Å². The first-order chi connectivity index (χ1) is 19.3. The molecular weight excluding hydrogens is 578 g/mol. The van der Waals surface area contributed by atoms with Crippen LogP contribution in [-0.4, -0.2) is 51.6 Å². The maximum absolute atomic E-state index is 13.8. The van der Waals surface area contributed by atoms with Gasteiger partial charge in [0.15, 0.2) is 21.5 Å². The number of aromatic nitrogens is 1. The average Bonchev–Trinajstić information content (AvgIpc) is 3.10. The maximum atomic E-state index is 13.8. The second kappa shape index (κ2) is 11.0. The third-order valence-corrected chi connectivity index (χ3v) is 11.0. The molecule has 1 amide bonds. The first-order valence-corrected chi connectivity index (χ1v) is 15.1. The number of hydrogen-bond donors (Lipinski definition) is 4. The lowest BCUT2D eigenvalue weighted by molar-refractivity contribution is -0.178. The molecule has 12 heteroatoms. The van der Waals surface area contributed by atoms with Gasteiger partial charge in [0.1, 0.15) is 12.2 Å². The topological polar surface area (TPSA) is 137 Å².